The molecule has 0 aliphatic heterocycles. The Morgan fingerprint density at radius 2 is 1.74 bits per heavy atom. The van der Waals surface area contributed by atoms with Gasteiger partial charge in [-0.15, -0.1) is 0 Å². The molecular formula is C21H21N5O. The van der Waals surface area contributed by atoms with Crippen molar-refractivity contribution in [2.75, 3.05) is 12.8 Å². The average Bonchev–Trinajstić information content (AvgIpc) is 3.14. The van der Waals surface area contributed by atoms with Gasteiger partial charge in [0.1, 0.15) is 17.1 Å². The molecule has 0 bridgehead atoms. The van der Waals surface area contributed by atoms with Crippen LogP contribution in [-0.4, -0.2) is 26.9 Å². The number of rotatable bonds is 6. The summed E-state index contributed by atoms with van der Waals surface area (Å²) >= 11 is 0. The van der Waals surface area contributed by atoms with E-state index in [1.165, 1.54) is 5.56 Å². The minimum atomic E-state index is 0.425. The van der Waals surface area contributed by atoms with Crippen molar-refractivity contribution in [3.8, 4) is 11.4 Å². The number of hydrogen-bond donors (Lipinski definition) is 1. The van der Waals surface area contributed by atoms with Crippen LogP contribution in [0.25, 0.3) is 16.7 Å². The van der Waals surface area contributed by atoms with Crippen LogP contribution in [0.15, 0.2) is 60.8 Å². The van der Waals surface area contributed by atoms with Crippen LogP contribution in [0.2, 0.25) is 0 Å². The normalized spacial score (nSPS) is 11.0. The van der Waals surface area contributed by atoms with Gasteiger partial charge in [-0.1, -0.05) is 30.3 Å². The van der Waals surface area contributed by atoms with Gasteiger partial charge >= 0.3 is 0 Å². The van der Waals surface area contributed by atoms with E-state index in [2.05, 4.69) is 27.2 Å². The maximum absolute atomic E-state index is 6.12. The number of hydrogen-bond acceptors (Lipinski definition) is 5. The van der Waals surface area contributed by atoms with Crippen LogP contribution in [0, 0.1) is 0 Å². The SMILES string of the molecule is COc1ccc(CCCc2nc(N)c3nn(-c4ccccc4)cc3n2)cc1. The number of nitrogens with zero attached hydrogens (tertiary/aromatic N) is 4. The predicted octanol–water partition coefficient (Wildman–Crippen LogP) is 3.58. The molecule has 2 heterocycles. The fraction of sp³-hybridized carbons (Fsp3) is 0.190. The second-order valence-electron chi connectivity index (χ2n) is 6.37. The highest BCUT2D eigenvalue weighted by atomic mass is 16.5. The molecule has 0 radical (unpaired) electrons. The molecular weight excluding hydrogens is 338 g/mol. The first kappa shape index (κ1) is 17.0. The Balaban J connectivity index is 1.49. The number of methoxy groups -OCH3 is 1. The lowest BCUT2D eigenvalue weighted by atomic mass is 10.1. The topological polar surface area (TPSA) is 78.9 Å². The number of nitrogens with two attached hydrogens (primary N) is 1. The Morgan fingerprint density at radius 3 is 2.48 bits per heavy atom. The standard InChI is InChI=1S/C21H21N5O/c1-27-17-12-10-15(11-13-17)6-5-9-19-23-18-14-26(16-7-3-2-4-8-16)25-20(18)21(22)24-19/h2-4,7-8,10-14H,5-6,9H2,1H3,(H2,22,23,24). The number of nitrogen functional groups attached to an aromatic ring is 1. The van der Waals surface area contributed by atoms with Crippen molar-refractivity contribution in [3.05, 3.63) is 72.2 Å². The summed E-state index contributed by atoms with van der Waals surface area (Å²) in [6.07, 6.45) is 4.57. The van der Waals surface area contributed by atoms with Crippen LogP contribution in [0.5, 0.6) is 5.75 Å². The number of aromatic nitrogens is 4. The summed E-state index contributed by atoms with van der Waals surface area (Å²) < 4.78 is 6.98. The lowest BCUT2D eigenvalue weighted by molar-refractivity contribution is 0.414. The zero-order valence-corrected chi connectivity index (χ0v) is 15.2. The number of para-hydroxylation sites is 1. The van der Waals surface area contributed by atoms with E-state index in [1.807, 2.05) is 48.7 Å². The summed E-state index contributed by atoms with van der Waals surface area (Å²) in [5.41, 5.74) is 9.76. The lowest BCUT2D eigenvalue weighted by Crippen LogP contribution is -2.01. The molecule has 6 heteroatoms. The molecule has 2 aromatic carbocycles. The molecule has 6 nitrogen and oxygen atoms in total. The molecule has 0 aliphatic carbocycles. The van der Waals surface area contributed by atoms with E-state index in [4.69, 9.17) is 10.5 Å². The third-order valence-electron chi connectivity index (χ3n) is 4.48. The van der Waals surface area contributed by atoms with Crippen molar-refractivity contribution in [2.45, 2.75) is 19.3 Å². The van der Waals surface area contributed by atoms with Crippen LogP contribution in [0.4, 0.5) is 5.82 Å². The molecule has 0 saturated heterocycles. The van der Waals surface area contributed by atoms with Gasteiger partial charge < -0.3 is 10.5 Å². The Labute approximate surface area is 157 Å². The summed E-state index contributed by atoms with van der Waals surface area (Å²) in [7, 11) is 1.67. The van der Waals surface area contributed by atoms with Gasteiger partial charge in [0.25, 0.3) is 0 Å². The Morgan fingerprint density at radius 1 is 0.963 bits per heavy atom. The maximum atomic E-state index is 6.12. The first-order chi connectivity index (χ1) is 13.2. The number of ether oxygens (including phenoxy) is 1. The molecule has 2 aromatic heterocycles. The van der Waals surface area contributed by atoms with Crippen molar-refractivity contribution in [1.29, 1.82) is 0 Å². The molecule has 0 fully saturated rings. The molecule has 0 atom stereocenters. The highest BCUT2D eigenvalue weighted by Crippen LogP contribution is 2.19. The van der Waals surface area contributed by atoms with Crippen LogP contribution >= 0.6 is 0 Å². The summed E-state index contributed by atoms with van der Waals surface area (Å²) in [5, 5.41) is 4.52. The molecule has 0 saturated carbocycles. The fourth-order valence-electron chi connectivity index (χ4n) is 3.05. The van der Waals surface area contributed by atoms with Crippen molar-refractivity contribution >= 4 is 16.9 Å². The van der Waals surface area contributed by atoms with E-state index >= 15 is 0 Å². The maximum Gasteiger partial charge on any atom is 0.155 e. The van der Waals surface area contributed by atoms with Gasteiger partial charge in [0.2, 0.25) is 0 Å². The lowest BCUT2D eigenvalue weighted by Gasteiger charge is -2.04. The van der Waals surface area contributed by atoms with Crippen molar-refractivity contribution in [3.63, 3.8) is 0 Å². The van der Waals surface area contributed by atoms with Gasteiger partial charge in [0, 0.05) is 6.42 Å². The highest BCUT2D eigenvalue weighted by Gasteiger charge is 2.10. The molecule has 2 N–H and O–H groups in total. The second kappa shape index (κ2) is 7.45. The summed E-state index contributed by atoms with van der Waals surface area (Å²) in [4.78, 5) is 9.08. The highest BCUT2D eigenvalue weighted by molar-refractivity contribution is 5.83. The minimum absolute atomic E-state index is 0.425. The Bertz CT molecular complexity index is 1040. The molecule has 4 aromatic rings. The van der Waals surface area contributed by atoms with E-state index in [1.54, 1.807) is 11.8 Å². The molecule has 0 amide bonds. The monoisotopic (exact) mass is 359 g/mol. The third-order valence-corrected chi connectivity index (χ3v) is 4.48. The number of fused-ring (bicyclic) bond motifs is 1. The van der Waals surface area contributed by atoms with E-state index in [9.17, 15) is 0 Å². The summed E-state index contributed by atoms with van der Waals surface area (Å²) in [5.74, 6) is 2.05. The molecule has 0 spiro atoms. The van der Waals surface area contributed by atoms with Gasteiger partial charge in [-0.05, 0) is 42.7 Å². The van der Waals surface area contributed by atoms with E-state index in [0.717, 1.165) is 42.0 Å². The largest absolute Gasteiger partial charge is 0.497 e. The first-order valence-electron chi connectivity index (χ1n) is 8.93. The van der Waals surface area contributed by atoms with Crippen LogP contribution < -0.4 is 10.5 Å². The summed E-state index contributed by atoms with van der Waals surface area (Å²) in [6.45, 7) is 0. The first-order valence-corrected chi connectivity index (χ1v) is 8.93. The molecule has 0 unspecified atom stereocenters. The van der Waals surface area contributed by atoms with E-state index < -0.39 is 0 Å². The Kier molecular flexibility index (Phi) is 4.70. The fourth-order valence-corrected chi connectivity index (χ4v) is 3.05. The van der Waals surface area contributed by atoms with Gasteiger partial charge in [0.05, 0.1) is 19.0 Å². The van der Waals surface area contributed by atoms with E-state index in [-0.39, 0.29) is 0 Å². The zero-order valence-electron chi connectivity index (χ0n) is 15.2. The van der Waals surface area contributed by atoms with Gasteiger partial charge in [-0.2, -0.15) is 5.10 Å². The second-order valence-corrected chi connectivity index (χ2v) is 6.37. The molecule has 4 rings (SSSR count). The number of benzene rings is 2. The van der Waals surface area contributed by atoms with Gasteiger partial charge in [-0.25, -0.2) is 14.6 Å². The van der Waals surface area contributed by atoms with Crippen molar-refractivity contribution < 1.29 is 4.74 Å². The molecule has 136 valence electrons. The van der Waals surface area contributed by atoms with Crippen LogP contribution in [0.3, 0.4) is 0 Å². The number of anilines is 1. The van der Waals surface area contributed by atoms with Crippen molar-refractivity contribution in [1.82, 2.24) is 19.7 Å². The number of aryl methyl sites for hydroxylation is 2. The van der Waals surface area contributed by atoms with Crippen LogP contribution in [-0.2, 0) is 12.8 Å². The van der Waals surface area contributed by atoms with Gasteiger partial charge in [-0.3, -0.25) is 0 Å². The predicted molar refractivity (Wildman–Crippen MR) is 106 cm³/mol. The molecule has 0 aliphatic rings. The van der Waals surface area contributed by atoms with E-state index in [0.29, 0.717) is 11.3 Å². The molecule has 27 heavy (non-hydrogen) atoms. The minimum Gasteiger partial charge on any atom is -0.497 e. The van der Waals surface area contributed by atoms with Crippen molar-refractivity contribution in [2.24, 2.45) is 0 Å². The third kappa shape index (κ3) is 3.74. The summed E-state index contributed by atoms with van der Waals surface area (Å²) in [6, 6.07) is 18.0. The zero-order chi connectivity index (χ0) is 18.6. The Hall–Kier alpha value is -3.41. The van der Waals surface area contributed by atoms with Gasteiger partial charge in [0.15, 0.2) is 11.3 Å². The quantitative estimate of drug-likeness (QED) is 0.569. The smallest absolute Gasteiger partial charge is 0.155 e. The average molecular weight is 359 g/mol. The van der Waals surface area contributed by atoms with Crippen LogP contribution in [0.1, 0.15) is 17.8 Å².